The molecule has 0 radical (unpaired) electrons. The lowest BCUT2D eigenvalue weighted by molar-refractivity contribution is -0.140. The van der Waals surface area contributed by atoms with Gasteiger partial charge in [-0.2, -0.15) is 13.2 Å². The van der Waals surface area contributed by atoms with Gasteiger partial charge in [-0.15, -0.1) is 0 Å². The highest BCUT2D eigenvalue weighted by Gasteiger charge is 2.33. The van der Waals surface area contributed by atoms with Gasteiger partial charge in [-0.1, -0.05) is 31.0 Å². The van der Waals surface area contributed by atoms with Crippen LogP contribution in [-0.2, 0) is 0 Å². The average molecular weight is 309 g/mol. The smallest absolute Gasteiger partial charge is 0.397 e. The van der Waals surface area contributed by atoms with Gasteiger partial charge >= 0.3 is 6.18 Å². The minimum absolute atomic E-state index is 0.00199. The Labute approximate surface area is 120 Å². The molecule has 7 heteroatoms. The number of hydrogen-bond donors (Lipinski definition) is 1. The summed E-state index contributed by atoms with van der Waals surface area (Å²) in [6, 6.07) is 4.34. The Balaban J connectivity index is 3.00. The summed E-state index contributed by atoms with van der Waals surface area (Å²) in [5, 5.41) is 0.151. The summed E-state index contributed by atoms with van der Waals surface area (Å²) in [4.78, 5) is 12.9. The second kappa shape index (κ2) is 6.83. The van der Waals surface area contributed by atoms with Crippen LogP contribution >= 0.6 is 11.6 Å². The molecule has 20 heavy (non-hydrogen) atoms. The summed E-state index contributed by atoms with van der Waals surface area (Å²) >= 11 is 5.78. The van der Waals surface area contributed by atoms with Crippen molar-refractivity contribution < 1.29 is 18.0 Å². The first-order valence-corrected chi connectivity index (χ1v) is 6.54. The third-order valence-electron chi connectivity index (χ3n) is 2.72. The van der Waals surface area contributed by atoms with Gasteiger partial charge in [-0.05, 0) is 18.6 Å². The highest BCUT2D eigenvalue weighted by atomic mass is 35.5. The maximum atomic E-state index is 12.5. The van der Waals surface area contributed by atoms with Crippen molar-refractivity contribution in [3.8, 4) is 0 Å². The first-order chi connectivity index (χ1) is 9.26. The molecule has 0 aliphatic rings. The fourth-order valence-corrected chi connectivity index (χ4v) is 1.89. The van der Waals surface area contributed by atoms with Crippen LogP contribution in [0.15, 0.2) is 18.2 Å². The molecule has 0 heterocycles. The van der Waals surface area contributed by atoms with Crippen molar-refractivity contribution >= 4 is 23.2 Å². The lowest BCUT2D eigenvalue weighted by Crippen LogP contribution is -2.39. The number of rotatable bonds is 5. The summed E-state index contributed by atoms with van der Waals surface area (Å²) in [5.74, 6) is -0.754. The van der Waals surface area contributed by atoms with Gasteiger partial charge in [-0.25, -0.2) is 0 Å². The minimum atomic E-state index is -4.45. The number of nitrogens with zero attached hydrogens (tertiary/aromatic N) is 1. The number of hydrogen-bond acceptors (Lipinski definition) is 2. The normalized spacial score (nSPS) is 11.4. The summed E-state index contributed by atoms with van der Waals surface area (Å²) in [5.41, 5.74) is 5.65. The molecule has 3 nitrogen and oxygen atoms in total. The van der Waals surface area contributed by atoms with E-state index in [9.17, 15) is 18.0 Å². The van der Waals surface area contributed by atoms with Crippen molar-refractivity contribution in [2.24, 2.45) is 0 Å². The van der Waals surface area contributed by atoms with Crippen LogP contribution in [0, 0.1) is 0 Å². The van der Waals surface area contributed by atoms with Crippen molar-refractivity contribution in [3.05, 3.63) is 28.8 Å². The fourth-order valence-electron chi connectivity index (χ4n) is 1.71. The van der Waals surface area contributed by atoms with Gasteiger partial charge in [0.15, 0.2) is 0 Å². The molecule has 1 aromatic rings. The van der Waals surface area contributed by atoms with Crippen LogP contribution in [0.4, 0.5) is 18.9 Å². The van der Waals surface area contributed by atoms with Crippen LogP contribution < -0.4 is 5.73 Å². The van der Waals surface area contributed by atoms with Crippen molar-refractivity contribution in [3.63, 3.8) is 0 Å². The second-order valence-corrected chi connectivity index (χ2v) is 4.80. The van der Waals surface area contributed by atoms with Gasteiger partial charge in [-0.3, -0.25) is 4.79 Å². The van der Waals surface area contributed by atoms with E-state index in [4.69, 9.17) is 17.3 Å². The summed E-state index contributed by atoms with van der Waals surface area (Å²) in [6.07, 6.45) is -3.27. The van der Waals surface area contributed by atoms with E-state index in [1.807, 2.05) is 6.92 Å². The zero-order valence-electron chi connectivity index (χ0n) is 11.0. The SMILES string of the molecule is CCCCN(CC(F)(F)F)C(=O)c1cccc(Cl)c1N. The summed E-state index contributed by atoms with van der Waals surface area (Å²) < 4.78 is 37.6. The Kier molecular flexibility index (Phi) is 5.68. The second-order valence-electron chi connectivity index (χ2n) is 4.40. The Morgan fingerprint density at radius 1 is 1.40 bits per heavy atom. The zero-order chi connectivity index (χ0) is 15.3. The molecule has 1 amide bonds. The maximum Gasteiger partial charge on any atom is 0.406 e. The number of benzene rings is 1. The van der Waals surface area contributed by atoms with E-state index in [1.54, 1.807) is 0 Å². The van der Waals surface area contributed by atoms with Crippen LogP contribution in [0.3, 0.4) is 0 Å². The van der Waals surface area contributed by atoms with Crippen LogP contribution in [0.2, 0.25) is 5.02 Å². The van der Waals surface area contributed by atoms with Gasteiger partial charge < -0.3 is 10.6 Å². The molecule has 0 unspecified atom stereocenters. The molecule has 0 spiro atoms. The van der Waals surface area contributed by atoms with E-state index < -0.39 is 18.6 Å². The van der Waals surface area contributed by atoms with Crippen molar-refractivity contribution in [2.75, 3.05) is 18.8 Å². The number of carbonyl (C=O) groups is 1. The number of unbranched alkanes of at least 4 members (excludes halogenated alkanes) is 1. The minimum Gasteiger partial charge on any atom is -0.397 e. The summed E-state index contributed by atoms with van der Waals surface area (Å²) in [7, 11) is 0. The standard InChI is InChI=1S/C13H16ClF3N2O/c1-2-3-7-19(8-13(15,16)17)12(20)9-5-4-6-10(14)11(9)18/h4-6H,2-3,7-8,18H2,1H3. The van der Waals surface area contributed by atoms with E-state index in [1.165, 1.54) is 18.2 Å². The number of nitrogens with two attached hydrogens (primary N) is 1. The largest absolute Gasteiger partial charge is 0.406 e. The third-order valence-corrected chi connectivity index (χ3v) is 3.05. The van der Waals surface area contributed by atoms with Gasteiger partial charge in [0.2, 0.25) is 0 Å². The quantitative estimate of drug-likeness (QED) is 0.843. The highest BCUT2D eigenvalue weighted by molar-refractivity contribution is 6.33. The van der Waals surface area contributed by atoms with E-state index in [2.05, 4.69) is 0 Å². The molecule has 0 atom stereocenters. The molecular weight excluding hydrogens is 293 g/mol. The third kappa shape index (κ3) is 4.59. The Bertz CT molecular complexity index is 477. The Hall–Kier alpha value is -1.43. The summed E-state index contributed by atoms with van der Waals surface area (Å²) in [6.45, 7) is 0.572. The number of nitrogen functional groups attached to an aromatic ring is 1. The fraction of sp³-hybridized carbons (Fsp3) is 0.462. The number of carbonyl (C=O) groups excluding carboxylic acids is 1. The number of amides is 1. The van der Waals surface area contributed by atoms with Gasteiger partial charge in [0.25, 0.3) is 5.91 Å². The first-order valence-electron chi connectivity index (χ1n) is 6.16. The molecule has 2 N–H and O–H groups in total. The van der Waals surface area contributed by atoms with E-state index in [0.29, 0.717) is 12.8 Å². The van der Waals surface area contributed by atoms with Gasteiger partial charge in [0.05, 0.1) is 16.3 Å². The zero-order valence-corrected chi connectivity index (χ0v) is 11.8. The maximum absolute atomic E-state index is 12.5. The van der Waals surface area contributed by atoms with Crippen LogP contribution in [-0.4, -0.2) is 30.1 Å². The molecular formula is C13H16ClF3N2O. The van der Waals surface area contributed by atoms with Crippen molar-refractivity contribution in [2.45, 2.75) is 25.9 Å². The Morgan fingerprint density at radius 3 is 2.60 bits per heavy atom. The molecule has 0 saturated heterocycles. The van der Waals surface area contributed by atoms with E-state index >= 15 is 0 Å². The molecule has 0 fully saturated rings. The lowest BCUT2D eigenvalue weighted by Gasteiger charge is -2.24. The predicted octanol–water partition coefficient (Wildman–Crippen LogP) is 3.73. The molecule has 0 saturated carbocycles. The van der Waals surface area contributed by atoms with Gasteiger partial charge in [0.1, 0.15) is 6.54 Å². The number of halogens is 4. The van der Waals surface area contributed by atoms with Crippen LogP contribution in [0.5, 0.6) is 0 Å². The highest BCUT2D eigenvalue weighted by Crippen LogP contribution is 2.25. The van der Waals surface area contributed by atoms with Crippen LogP contribution in [0.1, 0.15) is 30.1 Å². The average Bonchev–Trinajstić information content (AvgIpc) is 2.35. The Morgan fingerprint density at radius 2 is 2.05 bits per heavy atom. The van der Waals surface area contributed by atoms with Crippen molar-refractivity contribution in [1.82, 2.24) is 4.90 Å². The van der Waals surface area contributed by atoms with E-state index in [-0.39, 0.29) is 22.8 Å². The number of alkyl halides is 3. The molecule has 0 aliphatic carbocycles. The predicted molar refractivity (Wildman–Crippen MR) is 72.7 cm³/mol. The molecule has 1 aromatic carbocycles. The van der Waals surface area contributed by atoms with Gasteiger partial charge in [0, 0.05) is 6.54 Å². The van der Waals surface area contributed by atoms with Crippen molar-refractivity contribution in [1.29, 1.82) is 0 Å². The molecule has 0 bridgehead atoms. The van der Waals surface area contributed by atoms with E-state index in [0.717, 1.165) is 4.90 Å². The molecule has 0 aliphatic heterocycles. The molecule has 112 valence electrons. The first kappa shape index (κ1) is 16.6. The molecule has 0 aromatic heterocycles. The number of anilines is 1. The monoisotopic (exact) mass is 308 g/mol. The molecule has 1 rings (SSSR count). The topological polar surface area (TPSA) is 46.3 Å². The van der Waals surface area contributed by atoms with Crippen LogP contribution in [0.25, 0.3) is 0 Å². The number of para-hydroxylation sites is 1. The lowest BCUT2D eigenvalue weighted by atomic mass is 10.1.